The Balaban J connectivity index is 1.95. The van der Waals surface area contributed by atoms with E-state index in [2.05, 4.69) is 26.0 Å². The zero-order valence-corrected chi connectivity index (χ0v) is 11.5. The highest BCUT2D eigenvalue weighted by atomic mass is 79.9. The second kappa shape index (κ2) is 4.93. The molecule has 2 heterocycles. The molecule has 0 aliphatic carbocycles. The van der Waals surface area contributed by atoms with Gasteiger partial charge in [0.05, 0.1) is 23.5 Å². The number of aromatic nitrogens is 3. The fraction of sp³-hybridized carbons (Fsp3) is 0.0714. The normalized spacial score (nSPS) is 10.8. The van der Waals surface area contributed by atoms with Gasteiger partial charge in [0.15, 0.2) is 5.78 Å². The molecule has 94 valence electrons. The summed E-state index contributed by atoms with van der Waals surface area (Å²) in [5, 5.41) is 4.15. The summed E-state index contributed by atoms with van der Waals surface area (Å²) in [7, 11) is 0. The Kier molecular flexibility index (Phi) is 3.13. The molecule has 2 aromatic heterocycles. The molecule has 0 aliphatic heterocycles. The van der Waals surface area contributed by atoms with Crippen molar-refractivity contribution in [2.75, 3.05) is 0 Å². The fourth-order valence-corrected chi connectivity index (χ4v) is 2.38. The number of fused-ring (bicyclic) bond motifs is 1. The Morgan fingerprint density at radius 2 is 2.11 bits per heavy atom. The zero-order chi connectivity index (χ0) is 13.2. The molecule has 5 heteroatoms. The summed E-state index contributed by atoms with van der Waals surface area (Å²) in [6, 6.07) is 7.72. The van der Waals surface area contributed by atoms with Gasteiger partial charge in [-0.25, -0.2) is 4.52 Å². The van der Waals surface area contributed by atoms with Crippen molar-refractivity contribution in [1.29, 1.82) is 0 Å². The summed E-state index contributed by atoms with van der Waals surface area (Å²) in [5.74, 6) is 0.0369. The molecule has 3 aromatic rings. The van der Waals surface area contributed by atoms with Crippen LogP contribution in [-0.4, -0.2) is 20.4 Å². The van der Waals surface area contributed by atoms with Gasteiger partial charge in [-0.15, -0.1) is 0 Å². The Morgan fingerprint density at radius 3 is 2.95 bits per heavy atom. The minimum Gasteiger partial charge on any atom is -0.294 e. The Morgan fingerprint density at radius 1 is 1.26 bits per heavy atom. The molecular weight excluding hydrogens is 306 g/mol. The highest BCUT2D eigenvalue weighted by Crippen LogP contribution is 2.19. The monoisotopic (exact) mass is 315 g/mol. The Bertz CT molecular complexity index is 751. The summed E-state index contributed by atoms with van der Waals surface area (Å²) in [6.45, 7) is 0. The summed E-state index contributed by atoms with van der Waals surface area (Å²) in [5.41, 5.74) is 2.30. The number of halogens is 1. The molecule has 0 atom stereocenters. The van der Waals surface area contributed by atoms with Crippen molar-refractivity contribution in [3.05, 3.63) is 64.7 Å². The third-order valence-electron chi connectivity index (χ3n) is 2.93. The maximum atomic E-state index is 12.3. The van der Waals surface area contributed by atoms with Crippen LogP contribution in [0.1, 0.15) is 15.9 Å². The maximum absolute atomic E-state index is 12.3. The molecule has 0 bridgehead atoms. The van der Waals surface area contributed by atoms with Crippen LogP contribution in [0.2, 0.25) is 0 Å². The lowest BCUT2D eigenvalue weighted by Gasteiger charge is -2.02. The summed E-state index contributed by atoms with van der Waals surface area (Å²) >= 11 is 3.45. The molecule has 0 saturated heterocycles. The van der Waals surface area contributed by atoms with Gasteiger partial charge in [0.2, 0.25) is 0 Å². The Labute approximate surface area is 118 Å². The quantitative estimate of drug-likeness (QED) is 0.698. The van der Waals surface area contributed by atoms with Crippen molar-refractivity contribution < 1.29 is 4.79 Å². The Hall–Kier alpha value is -2.01. The van der Waals surface area contributed by atoms with Gasteiger partial charge >= 0.3 is 0 Å². The van der Waals surface area contributed by atoms with Gasteiger partial charge in [-0.3, -0.25) is 9.78 Å². The average molecular weight is 316 g/mol. The SMILES string of the molecule is O=C(Cc1ccccc1Br)c1cnn2ccncc12. The topological polar surface area (TPSA) is 47.3 Å². The van der Waals surface area contributed by atoms with Gasteiger partial charge in [0, 0.05) is 23.3 Å². The van der Waals surface area contributed by atoms with Crippen molar-refractivity contribution in [2.45, 2.75) is 6.42 Å². The first-order valence-corrected chi connectivity index (χ1v) is 6.59. The van der Waals surface area contributed by atoms with Crippen LogP contribution in [0.3, 0.4) is 0 Å². The lowest BCUT2D eigenvalue weighted by molar-refractivity contribution is 0.0994. The van der Waals surface area contributed by atoms with E-state index < -0.39 is 0 Å². The van der Waals surface area contributed by atoms with Crippen molar-refractivity contribution in [3.8, 4) is 0 Å². The van der Waals surface area contributed by atoms with E-state index in [0.717, 1.165) is 15.6 Å². The minimum atomic E-state index is 0.0369. The fourth-order valence-electron chi connectivity index (χ4n) is 1.96. The van der Waals surface area contributed by atoms with E-state index in [1.165, 1.54) is 0 Å². The average Bonchev–Trinajstić information content (AvgIpc) is 2.85. The molecule has 0 amide bonds. The van der Waals surface area contributed by atoms with Gasteiger partial charge in [-0.1, -0.05) is 34.1 Å². The molecule has 0 aliphatic rings. The van der Waals surface area contributed by atoms with Crippen LogP contribution in [0.5, 0.6) is 0 Å². The summed E-state index contributed by atoms with van der Waals surface area (Å²) in [4.78, 5) is 16.4. The van der Waals surface area contributed by atoms with Gasteiger partial charge in [0.1, 0.15) is 0 Å². The number of hydrogen-bond acceptors (Lipinski definition) is 3. The molecule has 0 saturated carbocycles. The van der Waals surface area contributed by atoms with Crippen LogP contribution < -0.4 is 0 Å². The minimum absolute atomic E-state index is 0.0369. The van der Waals surface area contributed by atoms with Crippen molar-refractivity contribution in [1.82, 2.24) is 14.6 Å². The number of Topliss-reactive ketones (excluding diaryl/α,β-unsaturated/α-hetero) is 1. The number of rotatable bonds is 3. The number of nitrogens with zero attached hydrogens (tertiary/aromatic N) is 3. The lowest BCUT2D eigenvalue weighted by atomic mass is 10.0. The third kappa shape index (κ3) is 2.29. The van der Waals surface area contributed by atoms with E-state index in [1.807, 2.05) is 24.3 Å². The highest BCUT2D eigenvalue weighted by molar-refractivity contribution is 9.10. The predicted molar refractivity (Wildman–Crippen MR) is 75.2 cm³/mol. The van der Waals surface area contributed by atoms with E-state index >= 15 is 0 Å². The molecule has 0 fully saturated rings. The smallest absolute Gasteiger partial charge is 0.171 e. The lowest BCUT2D eigenvalue weighted by Crippen LogP contribution is -2.04. The first kappa shape index (κ1) is 12.0. The number of carbonyl (C=O) groups excluding carboxylic acids is 1. The molecule has 0 unspecified atom stereocenters. The van der Waals surface area contributed by atoms with Crippen LogP contribution in [0.25, 0.3) is 5.52 Å². The zero-order valence-electron chi connectivity index (χ0n) is 9.95. The van der Waals surface area contributed by atoms with Crippen molar-refractivity contribution in [3.63, 3.8) is 0 Å². The second-order valence-corrected chi connectivity index (χ2v) is 5.01. The van der Waals surface area contributed by atoms with Gasteiger partial charge in [-0.2, -0.15) is 5.10 Å². The molecule has 19 heavy (non-hydrogen) atoms. The molecule has 4 nitrogen and oxygen atoms in total. The summed E-state index contributed by atoms with van der Waals surface area (Å²) in [6.07, 6.45) is 6.96. The third-order valence-corrected chi connectivity index (χ3v) is 3.71. The van der Waals surface area contributed by atoms with Gasteiger partial charge < -0.3 is 0 Å². The summed E-state index contributed by atoms with van der Waals surface area (Å²) < 4.78 is 2.60. The molecule has 1 aromatic carbocycles. The van der Waals surface area contributed by atoms with E-state index in [-0.39, 0.29) is 5.78 Å². The van der Waals surface area contributed by atoms with E-state index in [9.17, 15) is 4.79 Å². The number of hydrogen-bond donors (Lipinski definition) is 0. The standard InChI is InChI=1S/C14H10BrN3O/c15-12-4-2-1-3-10(12)7-14(19)11-8-17-18-6-5-16-9-13(11)18/h1-6,8-9H,7H2. The molecule has 0 N–H and O–H groups in total. The van der Waals surface area contributed by atoms with E-state index in [0.29, 0.717) is 12.0 Å². The van der Waals surface area contributed by atoms with Crippen LogP contribution in [0, 0.1) is 0 Å². The molecule has 0 spiro atoms. The first-order chi connectivity index (χ1) is 9.25. The number of ketones is 1. The van der Waals surface area contributed by atoms with Crippen molar-refractivity contribution >= 4 is 27.2 Å². The molecular formula is C14H10BrN3O. The predicted octanol–water partition coefficient (Wildman–Crippen LogP) is 2.92. The van der Waals surface area contributed by atoms with Gasteiger partial charge in [-0.05, 0) is 11.6 Å². The van der Waals surface area contributed by atoms with Gasteiger partial charge in [0.25, 0.3) is 0 Å². The highest BCUT2D eigenvalue weighted by Gasteiger charge is 2.14. The number of benzene rings is 1. The van der Waals surface area contributed by atoms with Crippen LogP contribution in [0.4, 0.5) is 0 Å². The second-order valence-electron chi connectivity index (χ2n) is 4.16. The molecule has 3 rings (SSSR count). The van der Waals surface area contributed by atoms with Crippen LogP contribution >= 0.6 is 15.9 Å². The number of carbonyl (C=O) groups is 1. The van der Waals surface area contributed by atoms with E-state index in [4.69, 9.17) is 0 Å². The van der Waals surface area contributed by atoms with Crippen molar-refractivity contribution in [2.24, 2.45) is 0 Å². The molecule has 0 radical (unpaired) electrons. The first-order valence-electron chi connectivity index (χ1n) is 5.79. The van der Waals surface area contributed by atoms with E-state index in [1.54, 1.807) is 29.3 Å². The van der Waals surface area contributed by atoms with Crippen LogP contribution in [0.15, 0.2) is 53.5 Å². The maximum Gasteiger partial charge on any atom is 0.171 e. The largest absolute Gasteiger partial charge is 0.294 e. The van der Waals surface area contributed by atoms with Crippen LogP contribution in [-0.2, 0) is 6.42 Å².